The van der Waals surface area contributed by atoms with Crippen LogP contribution in [0.15, 0.2) is 49.1 Å². The highest BCUT2D eigenvalue weighted by molar-refractivity contribution is 5.73. The molecule has 0 amide bonds. The first-order valence-electron chi connectivity index (χ1n) is 4.42. The fourth-order valence-electron chi connectivity index (χ4n) is 1.07. The topological polar surface area (TPSA) is 67.3 Å². The van der Waals surface area contributed by atoms with Gasteiger partial charge < -0.3 is 0 Å². The van der Waals surface area contributed by atoms with Crippen LogP contribution in [0, 0.1) is 0 Å². The third-order valence-electron chi connectivity index (χ3n) is 1.71. The molecule has 5 heteroatoms. The van der Waals surface area contributed by atoms with E-state index in [9.17, 15) is 0 Å². The summed E-state index contributed by atoms with van der Waals surface area (Å²) in [7, 11) is 0. The number of hydrogen-bond donors (Lipinski definition) is 1. The first kappa shape index (κ1) is 9.26. The maximum absolute atomic E-state index is 4.07. The second-order valence-electron chi connectivity index (χ2n) is 2.71. The van der Waals surface area contributed by atoms with Crippen molar-refractivity contribution >= 4 is 11.0 Å². The predicted octanol–water partition coefficient (Wildman–Crippen LogP) is 1.43. The van der Waals surface area contributed by atoms with Crippen LogP contribution in [-0.2, 0) is 0 Å². The quantitative estimate of drug-likeness (QED) is 0.594. The third-order valence-corrected chi connectivity index (χ3v) is 1.71. The molecule has 0 aliphatic rings. The molecule has 3 aromatic rings. The number of aromatic nitrogens is 5. The van der Waals surface area contributed by atoms with Gasteiger partial charge in [0.15, 0.2) is 5.65 Å². The van der Waals surface area contributed by atoms with Crippen LogP contribution in [0.5, 0.6) is 0 Å². The lowest BCUT2D eigenvalue weighted by molar-refractivity contribution is 0.940. The fraction of sp³-hybridized carbons (Fsp3) is 0. The molecule has 0 bridgehead atoms. The predicted molar refractivity (Wildman–Crippen MR) is 55.9 cm³/mol. The van der Waals surface area contributed by atoms with Crippen LogP contribution in [0.3, 0.4) is 0 Å². The van der Waals surface area contributed by atoms with Gasteiger partial charge in [-0.2, -0.15) is 15.4 Å². The maximum atomic E-state index is 4.07. The lowest BCUT2D eigenvalue weighted by Gasteiger charge is -1.90. The normalized spacial score (nSPS) is 9.33. The van der Waals surface area contributed by atoms with E-state index in [-0.39, 0.29) is 0 Å². The standard InChI is InChI=1S/C8H6N2.C2H3N3/c1-3-7-4-2-6-10-8(7)9-5-1;1-2-4-5-3-1/h1-6H;1-2H,(H,3,4,5). The van der Waals surface area contributed by atoms with Crippen molar-refractivity contribution in [1.82, 2.24) is 25.4 Å². The molecule has 3 heterocycles. The molecule has 0 saturated heterocycles. The Morgan fingerprint density at radius 1 is 0.800 bits per heavy atom. The zero-order valence-electron chi connectivity index (χ0n) is 7.91. The van der Waals surface area contributed by atoms with Crippen molar-refractivity contribution < 1.29 is 0 Å². The summed E-state index contributed by atoms with van der Waals surface area (Å²) in [5.74, 6) is 0. The van der Waals surface area contributed by atoms with Crippen LogP contribution in [0.4, 0.5) is 0 Å². The van der Waals surface area contributed by atoms with Gasteiger partial charge in [0.1, 0.15) is 0 Å². The van der Waals surface area contributed by atoms with Crippen LogP contribution in [0.2, 0.25) is 0 Å². The molecule has 0 aliphatic carbocycles. The number of H-pyrrole nitrogens is 1. The Kier molecular flexibility index (Phi) is 2.97. The van der Waals surface area contributed by atoms with Crippen molar-refractivity contribution in [1.29, 1.82) is 0 Å². The summed E-state index contributed by atoms with van der Waals surface area (Å²) in [5, 5.41) is 10.4. The Labute approximate surface area is 86.2 Å². The van der Waals surface area contributed by atoms with E-state index in [0.717, 1.165) is 11.0 Å². The van der Waals surface area contributed by atoms with Crippen LogP contribution in [0.1, 0.15) is 0 Å². The summed E-state index contributed by atoms with van der Waals surface area (Å²) in [6, 6.07) is 7.80. The molecule has 3 aromatic heterocycles. The Balaban J connectivity index is 0.000000144. The summed E-state index contributed by atoms with van der Waals surface area (Å²) >= 11 is 0. The van der Waals surface area contributed by atoms with Gasteiger partial charge >= 0.3 is 0 Å². The summed E-state index contributed by atoms with van der Waals surface area (Å²) in [4.78, 5) is 8.14. The van der Waals surface area contributed by atoms with E-state index in [1.165, 1.54) is 0 Å². The van der Waals surface area contributed by atoms with E-state index in [1.807, 2.05) is 24.3 Å². The molecular weight excluding hydrogens is 190 g/mol. The minimum atomic E-state index is 0.810. The number of hydrogen-bond acceptors (Lipinski definition) is 4. The lowest BCUT2D eigenvalue weighted by Crippen LogP contribution is -1.78. The molecule has 0 spiro atoms. The van der Waals surface area contributed by atoms with E-state index in [4.69, 9.17) is 0 Å². The average molecular weight is 199 g/mol. The van der Waals surface area contributed by atoms with Crippen LogP contribution in [-0.4, -0.2) is 25.4 Å². The maximum Gasteiger partial charge on any atom is 0.159 e. The van der Waals surface area contributed by atoms with Crippen molar-refractivity contribution in [3.63, 3.8) is 0 Å². The average Bonchev–Trinajstić information content (AvgIpc) is 2.88. The number of pyridine rings is 2. The minimum Gasteiger partial charge on any atom is -0.237 e. The van der Waals surface area contributed by atoms with Gasteiger partial charge in [0.05, 0.1) is 12.4 Å². The molecule has 1 N–H and O–H groups in total. The molecule has 5 nitrogen and oxygen atoms in total. The van der Waals surface area contributed by atoms with Gasteiger partial charge in [-0.1, -0.05) is 0 Å². The molecule has 0 aromatic carbocycles. The van der Waals surface area contributed by atoms with Crippen LogP contribution >= 0.6 is 0 Å². The molecule has 0 aliphatic heterocycles. The van der Waals surface area contributed by atoms with Gasteiger partial charge in [-0.3, -0.25) is 0 Å². The number of aromatic amines is 1. The highest BCUT2D eigenvalue weighted by atomic mass is 15.3. The largest absolute Gasteiger partial charge is 0.237 e. The lowest BCUT2D eigenvalue weighted by atomic mass is 10.3. The third kappa shape index (κ3) is 2.57. The molecule has 0 atom stereocenters. The van der Waals surface area contributed by atoms with Gasteiger partial charge in [-0.15, -0.1) is 0 Å². The smallest absolute Gasteiger partial charge is 0.159 e. The van der Waals surface area contributed by atoms with Gasteiger partial charge in [0.25, 0.3) is 0 Å². The van der Waals surface area contributed by atoms with Gasteiger partial charge in [-0.25, -0.2) is 9.97 Å². The molecular formula is C10H9N5. The van der Waals surface area contributed by atoms with E-state index < -0.39 is 0 Å². The Morgan fingerprint density at radius 2 is 1.40 bits per heavy atom. The first-order chi connectivity index (χ1) is 7.47. The monoisotopic (exact) mass is 199 g/mol. The molecule has 0 fully saturated rings. The Morgan fingerprint density at radius 3 is 1.80 bits per heavy atom. The second kappa shape index (κ2) is 4.80. The molecule has 0 saturated carbocycles. The SMILES string of the molecule is c1cn[nH]n1.c1cnc2ncccc2c1. The van der Waals surface area contributed by atoms with Crippen LogP contribution in [0.25, 0.3) is 11.0 Å². The molecule has 15 heavy (non-hydrogen) atoms. The molecule has 0 radical (unpaired) electrons. The number of rotatable bonds is 0. The highest BCUT2D eigenvalue weighted by Gasteiger charge is 1.88. The molecule has 0 unspecified atom stereocenters. The Hall–Kier alpha value is -2.30. The molecule has 3 rings (SSSR count). The summed E-state index contributed by atoms with van der Waals surface area (Å²) in [5.41, 5.74) is 0.810. The van der Waals surface area contributed by atoms with Crippen molar-refractivity contribution in [2.24, 2.45) is 0 Å². The summed E-state index contributed by atoms with van der Waals surface area (Å²) in [6.45, 7) is 0. The van der Waals surface area contributed by atoms with Crippen molar-refractivity contribution in [2.75, 3.05) is 0 Å². The second-order valence-corrected chi connectivity index (χ2v) is 2.71. The van der Waals surface area contributed by atoms with Gasteiger partial charge in [-0.05, 0) is 24.3 Å². The van der Waals surface area contributed by atoms with Gasteiger partial charge in [0.2, 0.25) is 0 Å². The summed E-state index contributed by atoms with van der Waals surface area (Å²) < 4.78 is 0. The van der Waals surface area contributed by atoms with E-state index in [0.29, 0.717) is 0 Å². The first-order valence-corrected chi connectivity index (χ1v) is 4.42. The van der Waals surface area contributed by atoms with Crippen molar-refractivity contribution in [3.05, 3.63) is 49.1 Å². The Bertz CT molecular complexity index is 423. The minimum absolute atomic E-state index is 0.810. The van der Waals surface area contributed by atoms with Crippen molar-refractivity contribution in [2.45, 2.75) is 0 Å². The van der Waals surface area contributed by atoms with E-state index in [1.54, 1.807) is 24.8 Å². The zero-order chi connectivity index (χ0) is 10.3. The fourth-order valence-corrected chi connectivity index (χ4v) is 1.07. The van der Waals surface area contributed by atoms with E-state index in [2.05, 4.69) is 25.4 Å². The number of fused-ring (bicyclic) bond motifs is 1. The number of nitrogens with zero attached hydrogens (tertiary/aromatic N) is 4. The highest BCUT2D eigenvalue weighted by Crippen LogP contribution is 2.04. The summed E-state index contributed by atoms with van der Waals surface area (Å²) in [6.07, 6.45) is 6.66. The zero-order valence-corrected chi connectivity index (χ0v) is 7.91. The van der Waals surface area contributed by atoms with Gasteiger partial charge in [0, 0.05) is 17.8 Å². The van der Waals surface area contributed by atoms with Crippen molar-refractivity contribution in [3.8, 4) is 0 Å². The van der Waals surface area contributed by atoms with Crippen LogP contribution < -0.4 is 0 Å². The number of nitrogens with one attached hydrogen (secondary N) is 1. The van der Waals surface area contributed by atoms with E-state index >= 15 is 0 Å². The molecule has 74 valence electrons.